The Morgan fingerprint density at radius 3 is 2.17 bits per heavy atom. The van der Waals surface area contributed by atoms with Crippen molar-refractivity contribution in [2.45, 2.75) is 27.7 Å². The van der Waals surface area contributed by atoms with Gasteiger partial charge in [-0.05, 0) is 26.9 Å². The number of hydrogen-bond acceptors (Lipinski definition) is 3. The Kier molecular flexibility index (Phi) is 7.35. The normalized spacial score (nSPS) is 11.4. The molecule has 0 spiro atoms. The Morgan fingerprint density at radius 1 is 1.17 bits per heavy atom. The summed E-state index contributed by atoms with van der Waals surface area (Å²) in [7, 11) is 0. The minimum absolute atomic E-state index is 0.111. The molecule has 0 saturated carbocycles. The molecule has 106 valence electrons. The maximum absolute atomic E-state index is 11.4. The number of nitrogens with one attached hydrogen (secondary N) is 2. The van der Waals surface area contributed by atoms with Crippen LogP contribution in [0.5, 0.6) is 0 Å². The van der Waals surface area contributed by atoms with E-state index < -0.39 is 11.4 Å². The molecule has 0 heterocycles. The van der Waals surface area contributed by atoms with E-state index >= 15 is 0 Å². The first-order valence-electron chi connectivity index (χ1n) is 6.31. The topological polar surface area (TPSA) is 81.7 Å². The highest BCUT2D eigenvalue weighted by Crippen LogP contribution is 2.12. The number of urea groups is 1. The van der Waals surface area contributed by atoms with Gasteiger partial charge in [-0.1, -0.05) is 13.8 Å². The van der Waals surface area contributed by atoms with Crippen LogP contribution in [0.15, 0.2) is 0 Å². The number of carbonyl (C=O) groups excluding carboxylic acids is 1. The largest absolute Gasteiger partial charge is 0.481 e. The van der Waals surface area contributed by atoms with Gasteiger partial charge in [0.2, 0.25) is 0 Å². The standard InChI is InChI=1S/C12H25N3O3/c1-5-15(6-2)8-7-13-11(18)14-9-12(3,4)10(16)17/h5-9H2,1-4H3,(H,16,17)(H2,13,14,18). The molecule has 2 amide bonds. The van der Waals surface area contributed by atoms with E-state index in [2.05, 4.69) is 29.4 Å². The molecule has 6 nitrogen and oxygen atoms in total. The highest BCUT2D eigenvalue weighted by atomic mass is 16.4. The summed E-state index contributed by atoms with van der Waals surface area (Å²) in [5.74, 6) is -0.925. The van der Waals surface area contributed by atoms with Gasteiger partial charge in [-0.2, -0.15) is 0 Å². The summed E-state index contributed by atoms with van der Waals surface area (Å²) in [6.07, 6.45) is 0. The van der Waals surface area contributed by atoms with Crippen LogP contribution in [-0.2, 0) is 4.79 Å². The van der Waals surface area contributed by atoms with Crippen molar-refractivity contribution in [1.29, 1.82) is 0 Å². The predicted molar refractivity (Wildman–Crippen MR) is 70.6 cm³/mol. The highest BCUT2D eigenvalue weighted by Gasteiger charge is 2.27. The molecule has 0 aromatic rings. The monoisotopic (exact) mass is 259 g/mol. The van der Waals surface area contributed by atoms with Crippen LogP contribution in [0.2, 0.25) is 0 Å². The van der Waals surface area contributed by atoms with Gasteiger partial charge in [0.05, 0.1) is 5.41 Å². The van der Waals surface area contributed by atoms with Crippen LogP contribution in [0, 0.1) is 5.41 Å². The smallest absolute Gasteiger partial charge is 0.314 e. The van der Waals surface area contributed by atoms with Gasteiger partial charge >= 0.3 is 12.0 Å². The number of amides is 2. The SMILES string of the molecule is CCN(CC)CCNC(=O)NCC(C)(C)C(=O)O. The van der Waals surface area contributed by atoms with Crippen LogP contribution in [0.1, 0.15) is 27.7 Å². The third-order valence-electron chi connectivity index (χ3n) is 2.88. The Bertz CT molecular complexity index is 276. The molecule has 0 atom stereocenters. The molecule has 3 N–H and O–H groups in total. The van der Waals surface area contributed by atoms with Crippen LogP contribution in [0.25, 0.3) is 0 Å². The minimum atomic E-state index is -0.948. The van der Waals surface area contributed by atoms with Crippen molar-refractivity contribution in [3.63, 3.8) is 0 Å². The summed E-state index contributed by atoms with van der Waals surface area (Å²) in [6.45, 7) is 10.6. The lowest BCUT2D eigenvalue weighted by molar-refractivity contribution is -0.146. The fourth-order valence-electron chi connectivity index (χ4n) is 1.31. The summed E-state index contributed by atoms with van der Waals surface area (Å²) in [4.78, 5) is 24.5. The quantitative estimate of drug-likeness (QED) is 0.600. The van der Waals surface area contributed by atoms with Crippen LogP contribution in [0.3, 0.4) is 0 Å². The van der Waals surface area contributed by atoms with E-state index in [4.69, 9.17) is 5.11 Å². The lowest BCUT2D eigenvalue weighted by Crippen LogP contribution is -2.45. The van der Waals surface area contributed by atoms with Gasteiger partial charge in [0.1, 0.15) is 0 Å². The van der Waals surface area contributed by atoms with E-state index in [1.807, 2.05) is 0 Å². The summed E-state index contributed by atoms with van der Waals surface area (Å²) >= 11 is 0. The van der Waals surface area contributed by atoms with Gasteiger partial charge in [0.15, 0.2) is 0 Å². The molecule has 18 heavy (non-hydrogen) atoms. The second kappa shape index (κ2) is 7.92. The maximum Gasteiger partial charge on any atom is 0.314 e. The number of likely N-dealkylation sites (N-methyl/N-ethyl adjacent to an activating group) is 1. The number of carboxylic acids is 1. The van der Waals surface area contributed by atoms with Crippen LogP contribution < -0.4 is 10.6 Å². The Balaban J connectivity index is 3.82. The minimum Gasteiger partial charge on any atom is -0.481 e. The Morgan fingerprint density at radius 2 is 1.72 bits per heavy atom. The third-order valence-corrected chi connectivity index (χ3v) is 2.88. The van der Waals surface area contributed by atoms with E-state index in [0.29, 0.717) is 6.54 Å². The molecule has 0 unspecified atom stereocenters. The highest BCUT2D eigenvalue weighted by molar-refractivity contribution is 5.77. The average Bonchev–Trinajstić information content (AvgIpc) is 2.32. The van der Waals surface area contributed by atoms with Crippen molar-refractivity contribution in [2.75, 3.05) is 32.7 Å². The van der Waals surface area contributed by atoms with Crippen molar-refractivity contribution >= 4 is 12.0 Å². The third kappa shape index (κ3) is 6.44. The number of aliphatic carboxylic acids is 1. The first-order chi connectivity index (χ1) is 8.33. The number of rotatable bonds is 8. The lowest BCUT2D eigenvalue weighted by Gasteiger charge is -2.21. The number of nitrogens with zero attached hydrogens (tertiary/aromatic N) is 1. The first-order valence-corrected chi connectivity index (χ1v) is 6.31. The van der Waals surface area contributed by atoms with E-state index in [-0.39, 0.29) is 12.6 Å². The van der Waals surface area contributed by atoms with Crippen LogP contribution in [-0.4, -0.2) is 54.7 Å². The zero-order chi connectivity index (χ0) is 14.2. The van der Waals surface area contributed by atoms with Gasteiger partial charge < -0.3 is 20.6 Å². The van der Waals surface area contributed by atoms with E-state index in [9.17, 15) is 9.59 Å². The molecule has 0 aliphatic heterocycles. The van der Waals surface area contributed by atoms with Gasteiger partial charge in [-0.3, -0.25) is 4.79 Å². The van der Waals surface area contributed by atoms with Crippen molar-refractivity contribution in [3.8, 4) is 0 Å². The fraction of sp³-hybridized carbons (Fsp3) is 0.833. The molecule has 0 radical (unpaired) electrons. The van der Waals surface area contributed by atoms with Crippen molar-refractivity contribution in [1.82, 2.24) is 15.5 Å². The summed E-state index contributed by atoms with van der Waals surface area (Å²) in [5.41, 5.74) is -0.948. The zero-order valence-electron chi connectivity index (χ0n) is 11.7. The summed E-state index contributed by atoms with van der Waals surface area (Å²) < 4.78 is 0. The molecule has 0 bridgehead atoms. The molecular formula is C12H25N3O3. The Hall–Kier alpha value is -1.30. The van der Waals surface area contributed by atoms with Crippen molar-refractivity contribution in [2.24, 2.45) is 5.41 Å². The first kappa shape index (κ1) is 16.7. The predicted octanol–water partition coefficient (Wildman–Crippen LogP) is 0.738. The number of carbonyl (C=O) groups is 2. The second-order valence-corrected chi connectivity index (χ2v) is 4.83. The molecule has 6 heteroatoms. The van der Waals surface area contributed by atoms with E-state index in [1.165, 1.54) is 0 Å². The van der Waals surface area contributed by atoms with E-state index in [1.54, 1.807) is 13.8 Å². The zero-order valence-corrected chi connectivity index (χ0v) is 11.7. The van der Waals surface area contributed by atoms with Gasteiger partial charge in [-0.25, -0.2) is 4.79 Å². The molecule has 0 aliphatic carbocycles. The van der Waals surface area contributed by atoms with E-state index in [0.717, 1.165) is 19.6 Å². The second-order valence-electron chi connectivity index (χ2n) is 4.83. The fourth-order valence-corrected chi connectivity index (χ4v) is 1.31. The number of hydrogen-bond donors (Lipinski definition) is 3. The average molecular weight is 259 g/mol. The maximum atomic E-state index is 11.4. The molecular weight excluding hydrogens is 234 g/mol. The molecule has 0 saturated heterocycles. The molecule has 0 fully saturated rings. The summed E-state index contributed by atoms with van der Waals surface area (Å²) in [5, 5.41) is 14.2. The van der Waals surface area contributed by atoms with Crippen LogP contribution >= 0.6 is 0 Å². The van der Waals surface area contributed by atoms with Gasteiger partial charge in [0, 0.05) is 19.6 Å². The Labute approximate surface area is 109 Å². The lowest BCUT2D eigenvalue weighted by atomic mass is 9.94. The molecule has 0 aromatic heterocycles. The number of carboxylic acid groups (broad SMARTS) is 1. The molecule has 0 aliphatic rings. The van der Waals surface area contributed by atoms with Crippen molar-refractivity contribution < 1.29 is 14.7 Å². The van der Waals surface area contributed by atoms with Crippen molar-refractivity contribution in [3.05, 3.63) is 0 Å². The molecule has 0 rings (SSSR count). The summed E-state index contributed by atoms with van der Waals surface area (Å²) in [6, 6.07) is -0.323. The van der Waals surface area contributed by atoms with Gasteiger partial charge in [0.25, 0.3) is 0 Å². The molecule has 0 aromatic carbocycles. The van der Waals surface area contributed by atoms with Gasteiger partial charge in [-0.15, -0.1) is 0 Å². The van der Waals surface area contributed by atoms with Crippen LogP contribution in [0.4, 0.5) is 4.79 Å².